The van der Waals surface area contributed by atoms with Gasteiger partial charge in [0.1, 0.15) is 27.9 Å². The number of rotatable bonds is 16. The molecule has 0 aliphatic carbocycles. The molecule has 0 saturated carbocycles. The zero-order valence-electron chi connectivity index (χ0n) is 30.9. The highest BCUT2D eigenvalue weighted by atomic mass is 17.0. The molecule has 50 heavy (non-hydrogen) atoms. The number of hydrogen-bond donors (Lipinski definition) is 4. The fourth-order valence-corrected chi connectivity index (χ4v) is 6.78. The van der Waals surface area contributed by atoms with Crippen molar-refractivity contribution in [3.63, 3.8) is 0 Å². The summed E-state index contributed by atoms with van der Waals surface area (Å²) in [6.45, 7) is 16.6. The highest BCUT2D eigenvalue weighted by Crippen LogP contribution is 2.44. The smallest absolute Gasteiger partial charge is 0.477 e. The second-order valence-corrected chi connectivity index (χ2v) is 15.1. The topological polar surface area (TPSA) is 119 Å². The number of hydrogen-bond acceptors (Lipinski definition) is 7. The third kappa shape index (κ3) is 9.71. The maximum atomic E-state index is 12.1. The lowest BCUT2D eigenvalue weighted by Gasteiger charge is -2.26. The first-order valence-corrected chi connectivity index (χ1v) is 17.5. The Bertz CT molecular complexity index is 1610. The van der Waals surface area contributed by atoms with Gasteiger partial charge in [0, 0.05) is 0 Å². The molecule has 0 atom stereocenters. The molecule has 0 amide bonds. The Labute approximate surface area is 296 Å². The van der Waals surface area contributed by atoms with Crippen molar-refractivity contribution >= 4 is 0 Å². The monoisotopic (exact) mass is 684 g/mol. The SMILES string of the molecule is Cc1cc(C)cc(-c2c(O)cc(C(C)(C)CCCCO[N+](=O)OCCCCC(C)(C)c3cc(O)c(-c4cc(C)cc(C)c4)c(O)c3)cc2O)c1. The van der Waals surface area contributed by atoms with Crippen LogP contribution in [-0.2, 0) is 20.5 Å². The maximum Gasteiger partial charge on any atom is 0.477 e. The predicted molar refractivity (Wildman–Crippen MR) is 199 cm³/mol. The maximum absolute atomic E-state index is 12.1. The van der Waals surface area contributed by atoms with Crippen molar-refractivity contribution in [3.05, 3.63) is 99.0 Å². The molecule has 0 heterocycles. The Balaban J connectivity index is 1.18. The van der Waals surface area contributed by atoms with Crippen molar-refractivity contribution < 1.29 is 35.2 Å². The summed E-state index contributed by atoms with van der Waals surface area (Å²) in [7, 11) is 0. The van der Waals surface area contributed by atoms with E-state index in [1.807, 2.05) is 52.0 Å². The van der Waals surface area contributed by atoms with Crippen molar-refractivity contribution in [2.75, 3.05) is 13.2 Å². The van der Waals surface area contributed by atoms with Crippen LogP contribution in [0.3, 0.4) is 0 Å². The number of phenolic OH excluding ortho intramolecular Hbond substituents is 4. The van der Waals surface area contributed by atoms with E-state index in [4.69, 9.17) is 9.68 Å². The second kappa shape index (κ2) is 15.9. The third-order valence-electron chi connectivity index (χ3n) is 9.56. The molecule has 4 aromatic carbocycles. The van der Waals surface area contributed by atoms with E-state index in [0.717, 1.165) is 70.2 Å². The van der Waals surface area contributed by atoms with Crippen LogP contribution >= 0.6 is 0 Å². The largest absolute Gasteiger partial charge is 0.507 e. The van der Waals surface area contributed by atoms with E-state index in [2.05, 4.69) is 39.8 Å². The Morgan fingerprint density at radius 1 is 0.500 bits per heavy atom. The molecule has 8 nitrogen and oxygen atoms in total. The summed E-state index contributed by atoms with van der Waals surface area (Å²) in [4.78, 5) is 22.5. The molecule has 0 unspecified atom stereocenters. The zero-order chi connectivity index (χ0) is 36.8. The summed E-state index contributed by atoms with van der Waals surface area (Å²) >= 11 is 0. The summed E-state index contributed by atoms with van der Waals surface area (Å²) in [5, 5.41) is 43.6. The molecular weight excluding hydrogens is 630 g/mol. The molecular formula is C42H54NO7+. The normalized spacial score (nSPS) is 11.8. The first-order chi connectivity index (χ1) is 23.5. The van der Waals surface area contributed by atoms with Gasteiger partial charge in [-0.15, -0.1) is 0 Å². The van der Waals surface area contributed by atoms with Gasteiger partial charge in [-0.25, -0.2) is 0 Å². The van der Waals surface area contributed by atoms with Gasteiger partial charge >= 0.3 is 5.09 Å². The van der Waals surface area contributed by atoms with E-state index in [-0.39, 0.29) is 52.1 Å². The zero-order valence-corrected chi connectivity index (χ0v) is 30.9. The predicted octanol–water partition coefficient (Wildman–Crippen LogP) is 10.3. The van der Waals surface area contributed by atoms with Gasteiger partial charge in [-0.3, -0.25) is 0 Å². The van der Waals surface area contributed by atoms with Crippen LogP contribution in [0, 0.1) is 32.6 Å². The highest BCUT2D eigenvalue weighted by Gasteiger charge is 2.26. The Morgan fingerprint density at radius 2 is 0.800 bits per heavy atom. The van der Waals surface area contributed by atoms with E-state index in [0.29, 0.717) is 24.0 Å². The van der Waals surface area contributed by atoms with Gasteiger partial charge < -0.3 is 20.4 Å². The van der Waals surface area contributed by atoms with Crippen LogP contribution < -0.4 is 0 Å². The van der Waals surface area contributed by atoms with Crippen LogP contribution in [0.2, 0.25) is 0 Å². The number of aromatic hydroxyl groups is 4. The minimum absolute atomic E-state index is 0.0466. The Kier molecular flexibility index (Phi) is 12.1. The molecule has 0 radical (unpaired) electrons. The van der Waals surface area contributed by atoms with Crippen LogP contribution in [0.15, 0.2) is 60.7 Å². The van der Waals surface area contributed by atoms with E-state index >= 15 is 0 Å². The molecule has 0 saturated heterocycles. The lowest BCUT2D eigenvalue weighted by atomic mass is 9.79. The number of benzene rings is 4. The fourth-order valence-electron chi connectivity index (χ4n) is 6.78. The lowest BCUT2D eigenvalue weighted by molar-refractivity contribution is -0.981. The van der Waals surface area contributed by atoms with Gasteiger partial charge in [-0.2, -0.15) is 9.68 Å². The van der Waals surface area contributed by atoms with Gasteiger partial charge in [-0.05, 0) is 124 Å². The Hall–Kier alpha value is -4.72. The van der Waals surface area contributed by atoms with E-state index in [9.17, 15) is 25.3 Å². The minimum Gasteiger partial charge on any atom is -0.507 e. The summed E-state index contributed by atoms with van der Waals surface area (Å²) < 4.78 is 0. The van der Waals surface area contributed by atoms with Crippen LogP contribution in [0.4, 0.5) is 0 Å². The van der Waals surface area contributed by atoms with Crippen LogP contribution in [0.25, 0.3) is 22.3 Å². The van der Waals surface area contributed by atoms with Gasteiger partial charge in [0.15, 0.2) is 13.2 Å². The molecule has 8 heteroatoms. The van der Waals surface area contributed by atoms with Crippen molar-refractivity contribution in [2.45, 2.75) is 105 Å². The van der Waals surface area contributed by atoms with Crippen molar-refractivity contribution in [3.8, 4) is 45.3 Å². The summed E-state index contributed by atoms with van der Waals surface area (Å²) in [5.74, 6) is 0.186. The molecule has 0 spiro atoms. The van der Waals surface area contributed by atoms with E-state index < -0.39 is 0 Å². The molecule has 4 rings (SSSR count). The second-order valence-electron chi connectivity index (χ2n) is 15.1. The minimum atomic E-state index is -0.322. The molecule has 0 aliphatic rings. The molecule has 0 fully saturated rings. The average molecular weight is 685 g/mol. The van der Waals surface area contributed by atoms with Crippen molar-refractivity contribution in [2.24, 2.45) is 0 Å². The van der Waals surface area contributed by atoms with Crippen molar-refractivity contribution in [1.82, 2.24) is 0 Å². The molecule has 268 valence electrons. The molecule has 4 aromatic rings. The lowest BCUT2D eigenvalue weighted by Crippen LogP contribution is -2.18. The van der Waals surface area contributed by atoms with E-state index in [1.165, 1.54) is 0 Å². The third-order valence-corrected chi connectivity index (χ3v) is 9.56. The quantitative estimate of drug-likeness (QED) is 0.0685. The number of phenols is 4. The number of unbranched alkanes of at least 4 members (excludes halogenated alkanes) is 2. The van der Waals surface area contributed by atoms with Gasteiger partial charge in [0.05, 0.1) is 11.1 Å². The Morgan fingerprint density at radius 3 is 1.10 bits per heavy atom. The summed E-state index contributed by atoms with van der Waals surface area (Å²) in [6.07, 6.45) is 4.34. The molecule has 4 N–H and O–H groups in total. The first-order valence-electron chi connectivity index (χ1n) is 17.5. The van der Waals surface area contributed by atoms with Crippen LogP contribution in [0.1, 0.15) is 99.6 Å². The molecule has 0 bridgehead atoms. The van der Waals surface area contributed by atoms with Crippen LogP contribution in [-0.4, -0.2) is 38.7 Å². The van der Waals surface area contributed by atoms with Gasteiger partial charge in [-0.1, -0.05) is 86.3 Å². The first kappa shape index (κ1) is 38.1. The highest BCUT2D eigenvalue weighted by molar-refractivity contribution is 5.79. The molecule has 0 aliphatic heterocycles. The van der Waals surface area contributed by atoms with Crippen LogP contribution in [0.5, 0.6) is 23.0 Å². The average Bonchev–Trinajstić information content (AvgIpc) is 2.99. The van der Waals surface area contributed by atoms with Gasteiger partial charge in [0.2, 0.25) is 0 Å². The van der Waals surface area contributed by atoms with Gasteiger partial charge in [0.25, 0.3) is 0 Å². The fraction of sp³-hybridized carbons (Fsp3) is 0.429. The summed E-state index contributed by atoms with van der Waals surface area (Å²) in [6, 6.07) is 18.8. The number of nitrogens with zero attached hydrogens (tertiary/aromatic N) is 1. The summed E-state index contributed by atoms with van der Waals surface area (Å²) in [5.41, 5.74) is 7.69. The standard InChI is InChI=1S/C42H53NO7/c1-27-17-28(2)20-31(19-27)39-35(44)23-33(24-36(39)45)41(5,6)13-9-11-15-49-43(48)50-16-12-10-14-42(7,8)34-25-37(46)40(38(47)26-34)32-21-29(3)18-30(4)22-32/h17-26H,9-16H2,1-8H3,(H3-,44,45,46,47)/p+1. The van der Waals surface area contributed by atoms with Crippen molar-refractivity contribution in [1.29, 1.82) is 0 Å². The molecule has 0 aromatic heterocycles. The van der Waals surface area contributed by atoms with E-state index in [1.54, 1.807) is 24.3 Å². The number of aryl methyl sites for hydroxylation is 4.